The maximum atomic E-state index is 5.50. The quantitative estimate of drug-likeness (QED) is 0.128. The van der Waals surface area contributed by atoms with Gasteiger partial charge in [0.25, 0.3) is 0 Å². The molecule has 4 heteroatoms. The fourth-order valence-electron chi connectivity index (χ4n) is 9.64. The third-order valence-electron chi connectivity index (χ3n) is 12.9. The Bertz CT molecular complexity index is 3350. The highest BCUT2D eigenvalue weighted by molar-refractivity contribution is 6.18. The summed E-state index contributed by atoms with van der Waals surface area (Å²) in [4.78, 5) is 14.0. The zero-order valence-corrected chi connectivity index (χ0v) is 37.2. The van der Waals surface area contributed by atoms with E-state index in [0.717, 1.165) is 111 Å². The molecule has 1 N–H and O–H groups in total. The Hall–Kier alpha value is -9.12. The number of benzene rings is 10. The zero-order chi connectivity index (χ0) is 45.2. The molecule has 10 aromatic carbocycles. The highest BCUT2D eigenvalue weighted by Gasteiger charge is 2.22. The van der Waals surface area contributed by atoms with Crippen LogP contribution in [0.3, 0.4) is 0 Å². The van der Waals surface area contributed by atoms with Crippen molar-refractivity contribution in [2.24, 2.45) is 0 Å². The number of aromatic amines is 1. The van der Waals surface area contributed by atoms with Crippen LogP contribution in [0.4, 0.5) is 34.1 Å². The number of hydrogen-bond donors (Lipinski definition) is 0. The van der Waals surface area contributed by atoms with Crippen molar-refractivity contribution in [1.82, 2.24) is 4.98 Å². The minimum atomic E-state index is 0.933. The van der Waals surface area contributed by atoms with Crippen LogP contribution in [0, 0.1) is 0 Å². The van der Waals surface area contributed by atoms with Crippen LogP contribution in [-0.4, -0.2) is 4.98 Å². The van der Waals surface area contributed by atoms with Gasteiger partial charge in [-0.15, -0.1) is 0 Å². The van der Waals surface area contributed by atoms with Crippen molar-refractivity contribution in [1.29, 1.82) is 0 Å². The van der Waals surface area contributed by atoms with E-state index in [1.54, 1.807) is 0 Å². The standard InChI is InChI=1S/C64H44N4/c1-7-19-47(20-8-1)61-43-59(45-31-35-53(36-32-45)67(49-23-11-3-12-24-49)50-25-13-4-14-26-50)57-41-40-56-55(63(57)65-61)39-42-58-60(44-62(66-64(56)58)48-21-9-2-10-22-48)46-33-37-54(38-34-46)68(51-27-15-5-16-28-51)52-29-17-6-18-30-52/h1-44H/p+1. The minimum absolute atomic E-state index is 0.933. The lowest BCUT2D eigenvalue weighted by atomic mass is 9.92. The van der Waals surface area contributed by atoms with Crippen molar-refractivity contribution in [3.8, 4) is 44.8 Å². The van der Waals surface area contributed by atoms with Gasteiger partial charge in [-0.05, 0) is 120 Å². The van der Waals surface area contributed by atoms with Crippen LogP contribution < -0.4 is 14.8 Å². The van der Waals surface area contributed by atoms with Crippen molar-refractivity contribution >= 4 is 66.7 Å². The Kier molecular flexibility index (Phi) is 10.5. The van der Waals surface area contributed by atoms with Crippen molar-refractivity contribution in [3.63, 3.8) is 0 Å². The predicted molar refractivity (Wildman–Crippen MR) is 284 cm³/mol. The monoisotopic (exact) mass is 869 g/mol. The summed E-state index contributed by atoms with van der Waals surface area (Å²) < 4.78 is 0. The molecule has 0 amide bonds. The maximum absolute atomic E-state index is 5.50. The zero-order valence-electron chi connectivity index (χ0n) is 37.2. The Morgan fingerprint density at radius 2 is 0.647 bits per heavy atom. The van der Waals surface area contributed by atoms with E-state index in [0.29, 0.717) is 0 Å². The van der Waals surface area contributed by atoms with Crippen LogP contribution in [0.1, 0.15) is 0 Å². The topological polar surface area (TPSA) is 33.5 Å². The van der Waals surface area contributed by atoms with Crippen LogP contribution in [0.15, 0.2) is 267 Å². The normalized spacial score (nSPS) is 11.2. The molecule has 2 heterocycles. The summed E-state index contributed by atoms with van der Waals surface area (Å²) in [6.07, 6.45) is 0. The van der Waals surface area contributed by atoms with Crippen molar-refractivity contribution < 1.29 is 4.98 Å². The molecule has 0 bridgehead atoms. The van der Waals surface area contributed by atoms with Gasteiger partial charge in [-0.3, -0.25) is 0 Å². The second-order valence-electron chi connectivity index (χ2n) is 17.0. The highest BCUT2D eigenvalue weighted by Crippen LogP contribution is 2.42. The minimum Gasteiger partial charge on any atom is -0.311 e. The van der Waals surface area contributed by atoms with Crippen LogP contribution >= 0.6 is 0 Å². The number of para-hydroxylation sites is 4. The van der Waals surface area contributed by atoms with Gasteiger partial charge in [-0.25, -0.2) is 9.97 Å². The van der Waals surface area contributed by atoms with Gasteiger partial charge in [-0.2, -0.15) is 0 Å². The second-order valence-corrected chi connectivity index (χ2v) is 17.0. The van der Waals surface area contributed by atoms with Gasteiger partial charge in [0.2, 0.25) is 11.2 Å². The predicted octanol–water partition coefficient (Wildman–Crippen LogP) is 17.0. The first-order chi connectivity index (χ1) is 33.7. The van der Waals surface area contributed by atoms with Crippen LogP contribution in [0.25, 0.3) is 77.3 Å². The summed E-state index contributed by atoms with van der Waals surface area (Å²) in [5, 5.41) is 4.45. The molecular formula is C64H45N4+. The molecule has 0 aliphatic rings. The number of pyridine rings is 2. The first kappa shape index (κ1) is 40.4. The first-order valence-corrected chi connectivity index (χ1v) is 23.1. The number of fused-ring (bicyclic) bond motifs is 5. The Labute approximate surface area is 396 Å². The molecule has 0 atom stereocenters. The molecule has 0 aliphatic carbocycles. The molecule has 0 radical (unpaired) electrons. The van der Waals surface area contributed by atoms with Crippen molar-refractivity contribution in [2.75, 3.05) is 9.80 Å². The van der Waals surface area contributed by atoms with E-state index in [-0.39, 0.29) is 0 Å². The maximum Gasteiger partial charge on any atom is 0.219 e. The average Bonchev–Trinajstić information content (AvgIpc) is 3.42. The van der Waals surface area contributed by atoms with Gasteiger partial charge >= 0.3 is 0 Å². The van der Waals surface area contributed by atoms with Crippen LogP contribution in [0.2, 0.25) is 0 Å². The van der Waals surface area contributed by atoms with Gasteiger partial charge in [0.15, 0.2) is 0 Å². The van der Waals surface area contributed by atoms with Gasteiger partial charge in [0, 0.05) is 67.7 Å². The molecule has 2 aromatic heterocycles. The Balaban J connectivity index is 1.02. The van der Waals surface area contributed by atoms with Gasteiger partial charge < -0.3 is 9.80 Å². The molecule has 12 aromatic rings. The van der Waals surface area contributed by atoms with Gasteiger partial charge in [0.1, 0.15) is 0 Å². The van der Waals surface area contributed by atoms with Gasteiger partial charge in [-0.1, -0.05) is 158 Å². The number of nitrogens with one attached hydrogen (secondary N) is 1. The fraction of sp³-hybridized carbons (Fsp3) is 0. The lowest BCUT2D eigenvalue weighted by Crippen LogP contribution is -2.10. The Morgan fingerprint density at radius 3 is 1.12 bits per heavy atom. The van der Waals surface area contributed by atoms with Crippen LogP contribution in [0.5, 0.6) is 0 Å². The van der Waals surface area contributed by atoms with E-state index in [9.17, 15) is 0 Å². The van der Waals surface area contributed by atoms with Crippen LogP contribution in [-0.2, 0) is 0 Å². The van der Waals surface area contributed by atoms with Crippen molar-refractivity contribution in [3.05, 3.63) is 267 Å². The molecular weight excluding hydrogens is 825 g/mol. The number of anilines is 6. The summed E-state index contributed by atoms with van der Waals surface area (Å²) in [6.45, 7) is 0. The van der Waals surface area contributed by atoms with E-state index in [2.05, 4.69) is 282 Å². The molecule has 4 nitrogen and oxygen atoms in total. The molecule has 68 heavy (non-hydrogen) atoms. The fourth-order valence-corrected chi connectivity index (χ4v) is 9.64. The SMILES string of the molecule is c1ccc(-c2cc(-c3ccc(N(c4ccccc4)c4ccccc4)cc3)c3ccc4c(ccc5c(-c6ccc(N(c7ccccc7)c7ccccc7)cc6)cc(-c6ccccc6)[nH+]c54)c3n2)cc1. The number of aromatic nitrogens is 2. The van der Waals surface area contributed by atoms with E-state index in [1.807, 2.05) is 0 Å². The van der Waals surface area contributed by atoms with Gasteiger partial charge in [0.05, 0.1) is 22.0 Å². The van der Waals surface area contributed by atoms with E-state index in [4.69, 9.17) is 4.98 Å². The van der Waals surface area contributed by atoms with E-state index in [1.165, 1.54) is 0 Å². The molecule has 0 unspecified atom stereocenters. The molecule has 0 saturated heterocycles. The molecule has 0 fully saturated rings. The lowest BCUT2D eigenvalue weighted by Gasteiger charge is -2.25. The van der Waals surface area contributed by atoms with Crippen molar-refractivity contribution in [2.45, 2.75) is 0 Å². The molecule has 0 spiro atoms. The third kappa shape index (κ3) is 7.60. The first-order valence-electron chi connectivity index (χ1n) is 23.1. The summed E-state index contributed by atoms with van der Waals surface area (Å²) in [5.74, 6) is 0. The molecule has 320 valence electrons. The van der Waals surface area contributed by atoms with E-state index >= 15 is 0 Å². The number of hydrogen-bond acceptors (Lipinski definition) is 3. The molecule has 0 aliphatic heterocycles. The largest absolute Gasteiger partial charge is 0.311 e. The smallest absolute Gasteiger partial charge is 0.219 e. The second kappa shape index (κ2) is 17.7. The number of H-pyrrole nitrogens is 1. The Morgan fingerprint density at radius 1 is 0.279 bits per heavy atom. The molecule has 12 rings (SSSR count). The molecule has 0 saturated carbocycles. The van der Waals surface area contributed by atoms with E-state index < -0.39 is 0 Å². The lowest BCUT2D eigenvalue weighted by molar-refractivity contribution is -0.329. The average molecular weight is 870 g/mol. The third-order valence-corrected chi connectivity index (χ3v) is 12.9. The summed E-state index contributed by atoms with van der Waals surface area (Å²) in [5.41, 5.74) is 17.4. The summed E-state index contributed by atoms with van der Waals surface area (Å²) in [6, 6.07) is 95.0. The number of rotatable bonds is 10. The highest BCUT2D eigenvalue weighted by atomic mass is 15.1. The summed E-state index contributed by atoms with van der Waals surface area (Å²) in [7, 11) is 0. The summed E-state index contributed by atoms with van der Waals surface area (Å²) >= 11 is 0. The number of nitrogens with zero attached hydrogens (tertiary/aromatic N) is 3.